The van der Waals surface area contributed by atoms with Crippen molar-refractivity contribution in [3.8, 4) is 0 Å². The minimum absolute atomic E-state index is 0.108. The minimum atomic E-state index is -0.435. The first-order chi connectivity index (χ1) is 10.5. The van der Waals surface area contributed by atoms with Gasteiger partial charge in [-0.25, -0.2) is 4.79 Å². The van der Waals surface area contributed by atoms with E-state index in [-0.39, 0.29) is 12.4 Å². The summed E-state index contributed by atoms with van der Waals surface area (Å²) in [4.78, 5) is 25.3. The molecule has 0 spiro atoms. The van der Waals surface area contributed by atoms with E-state index < -0.39 is 11.9 Å². The van der Waals surface area contributed by atoms with E-state index in [1.54, 1.807) is 19.9 Å². The molecule has 22 heavy (non-hydrogen) atoms. The molecule has 2 aromatic rings. The Labute approximate surface area is 132 Å². The number of ether oxygens (including phenoxy) is 1. The van der Waals surface area contributed by atoms with Crippen LogP contribution < -0.4 is 5.32 Å². The highest BCUT2D eigenvalue weighted by molar-refractivity contribution is 7.16. The second kappa shape index (κ2) is 6.74. The first-order valence-corrected chi connectivity index (χ1v) is 7.83. The highest BCUT2D eigenvalue weighted by Gasteiger charge is 2.24. The summed E-state index contributed by atoms with van der Waals surface area (Å²) < 4.78 is 10.0. The summed E-state index contributed by atoms with van der Waals surface area (Å²) in [5.41, 5.74) is 1.94. The number of esters is 1. The number of rotatable bonds is 5. The topological polar surface area (TPSA) is 81.4 Å². The summed E-state index contributed by atoms with van der Waals surface area (Å²) >= 11 is 1.35. The monoisotopic (exact) mass is 322 g/mol. The van der Waals surface area contributed by atoms with E-state index in [9.17, 15) is 9.59 Å². The van der Waals surface area contributed by atoms with Gasteiger partial charge in [0.15, 0.2) is 0 Å². The molecule has 0 aliphatic carbocycles. The van der Waals surface area contributed by atoms with Gasteiger partial charge in [-0.3, -0.25) is 4.79 Å². The summed E-state index contributed by atoms with van der Waals surface area (Å²) in [7, 11) is 0. The van der Waals surface area contributed by atoms with E-state index in [0.717, 1.165) is 10.4 Å². The molecule has 2 rings (SSSR count). The average Bonchev–Trinajstić information content (AvgIpc) is 3.02. The van der Waals surface area contributed by atoms with Crippen LogP contribution in [0.25, 0.3) is 0 Å². The summed E-state index contributed by atoms with van der Waals surface area (Å²) in [6.07, 6.45) is 0.688. The molecule has 0 saturated heterocycles. The molecule has 2 aromatic heterocycles. The van der Waals surface area contributed by atoms with Gasteiger partial charge >= 0.3 is 5.97 Å². The number of hydrogen-bond acceptors (Lipinski definition) is 6. The maximum Gasteiger partial charge on any atom is 0.341 e. The lowest BCUT2D eigenvalue weighted by Gasteiger charge is -2.06. The van der Waals surface area contributed by atoms with E-state index >= 15 is 0 Å². The first kappa shape index (κ1) is 16.2. The van der Waals surface area contributed by atoms with E-state index in [2.05, 4.69) is 10.5 Å². The van der Waals surface area contributed by atoms with E-state index in [1.807, 2.05) is 13.8 Å². The number of nitrogens with zero attached hydrogens (tertiary/aromatic N) is 1. The van der Waals surface area contributed by atoms with Gasteiger partial charge in [0.05, 0.1) is 17.9 Å². The van der Waals surface area contributed by atoms with Crippen molar-refractivity contribution in [1.82, 2.24) is 5.16 Å². The average molecular weight is 322 g/mol. The fraction of sp³-hybridized carbons (Fsp3) is 0.400. The number of aromatic nitrogens is 1. The minimum Gasteiger partial charge on any atom is -0.462 e. The normalized spacial score (nSPS) is 10.5. The lowest BCUT2D eigenvalue weighted by molar-refractivity contribution is 0.0527. The fourth-order valence-electron chi connectivity index (χ4n) is 2.15. The molecule has 0 saturated carbocycles. The number of carbonyl (C=O) groups excluding carboxylic acids is 2. The van der Waals surface area contributed by atoms with Crippen molar-refractivity contribution in [2.75, 3.05) is 11.9 Å². The third-order valence-corrected chi connectivity index (χ3v) is 4.18. The quantitative estimate of drug-likeness (QED) is 0.854. The molecule has 0 atom stereocenters. The smallest absolute Gasteiger partial charge is 0.341 e. The van der Waals surface area contributed by atoms with Crippen LogP contribution in [0.1, 0.15) is 50.9 Å². The molecule has 1 N–H and O–H groups in total. The zero-order valence-corrected chi connectivity index (χ0v) is 13.8. The van der Waals surface area contributed by atoms with Gasteiger partial charge in [-0.2, -0.15) is 0 Å². The van der Waals surface area contributed by atoms with Crippen LogP contribution >= 0.6 is 11.3 Å². The van der Waals surface area contributed by atoms with Crippen LogP contribution in [0.3, 0.4) is 0 Å². The lowest BCUT2D eigenvalue weighted by Crippen LogP contribution is -2.14. The molecule has 0 aromatic carbocycles. The molecule has 7 heteroatoms. The zero-order valence-electron chi connectivity index (χ0n) is 13.0. The Hall–Kier alpha value is -2.15. The maximum atomic E-state index is 12.2. The van der Waals surface area contributed by atoms with Crippen LogP contribution in [0.15, 0.2) is 10.6 Å². The Balaban J connectivity index is 2.34. The predicted molar refractivity (Wildman–Crippen MR) is 83.6 cm³/mol. The Kier molecular flexibility index (Phi) is 4.97. The lowest BCUT2D eigenvalue weighted by atomic mass is 10.1. The second-order valence-corrected chi connectivity index (χ2v) is 5.93. The molecular formula is C15H18N2O4S. The number of thiophene rings is 1. The van der Waals surface area contributed by atoms with E-state index in [1.165, 1.54) is 11.3 Å². The number of aryl methyl sites for hydroxylation is 2. The fourth-order valence-corrected chi connectivity index (χ4v) is 3.28. The first-order valence-electron chi connectivity index (χ1n) is 7.01. The third-order valence-electron chi connectivity index (χ3n) is 3.12. The molecule has 0 aliphatic heterocycles. The number of anilines is 1. The molecule has 0 radical (unpaired) electrons. The number of hydrogen-bond donors (Lipinski definition) is 1. The van der Waals surface area contributed by atoms with Gasteiger partial charge in [0.25, 0.3) is 5.91 Å². The molecular weight excluding hydrogens is 304 g/mol. The van der Waals surface area contributed by atoms with Crippen molar-refractivity contribution in [2.24, 2.45) is 0 Å². The number of amides is 1. The van der Waals surface area contributed by atoms with E-state index in [0.29, 0.717) is 22.7 Å². The largest absolute Gasteiger partial charge is 0.462 e. The molecule has 118 valence electrons. The number of carbonyl (C=O) groups is 2. The Morgan fingerprint density at radius 2 is 2.09 bits per heavy atom. The maximum absolute atomic E-state index is 12.2. The van der Waals surface area contributed by atoms with Crippen molar-refractivity contribution in [3.05, 3.63) is 33.5 Å². The zero-order chi connectivity index (χ0) is 16.3. The number of nitrogens with one attached hydrogen (secondary N) is 1. The molecule has 2 heterocycles. The molecule has 0 fully saturated rings. The van der Waals surface area contributed by atoms with Crippen LogP contribution in [0, 0.1) is 13.8 Å². The summed E-state index contributed by atoms with van der Waals surface area (Å²) in [5, 5.41) is 6.88. The molecule has 0 aliphatic rings. The van der Waals surface area contributed by atoms with E-state index in [4.69, 9.17) is 9.26 Å². The van der Waals surface area contributed by atoms with Gasteiger partial charge in [-0.05, 0) is 32.8 Å². The SMILES string of the molecule is CCOC(=O)c1c(NC(=O)c2cc(C)no2)sc(C)c1CC. The van der Waals surface area contributed by atoms with Crippen LogP contribution in [-0.2, 0) is 11.2 Å². The summed E-state index contributed by atoms with van der Waals surface area (Å²) in [6.45, 7) is 7.64. The standard InChI is InChI=1S/C15H18N2O4S/c1-5-10-9(4)22-14(12(10)15(19)20-6-2)16-13(18)11-7-8(3)17-21-11/h7H,5-6H2,1-4H3,(H,16,18). The molecule has 0 bridgehead atoms. The van der Waals surface area contributed by atoms with Gasteiger partial charge in [0, 0.05) is 10.9 Å². The predicted octanol–water partition coefficient (Wildman–Crippen LogP) is 3.34. The van der Waals surface area contributed by atoms with Crippen LogP contribution in [0.2, 0.25) is 0 Å². The molecule has 6 nitrogen and oxygen atoms in total. The van der Waals surface area contributed by atoms with Gasteiger partial charge in [-0.15, -0.1) is 11.3 Å². The Bertz CT molecular complexity index is 702. The van der Waals surface area contributed by atoms with Crippen molar-refractivity contribution < 1.29 is 18.8 Å². The molecule has 1 amide bonds. The van der Waals surface area contributed by atoms with Gasteiger partial charge in [0.1, 0.15) is 5.00 Å². The summed E-state index contributed by atoms with van der Waals surface area (Å²) in [5.74, 6) is -0.751. The van der Waals surface area contributed by atoms with Crippen molar-refractivity contribution >= 4 is 28.2 Å². The van der Waals surface area contributed by atoms with Crippen molar-refractivity contribution in [1.29, 1.82) is 0 Å². The third kappa shape index (κ3) is 3.19. The molecule has 0 unspecified atom stereocenters. The highest BCUT2D eigenvalue weighted by Crippen LogP contribution is 2.34. The van der Waals surface area contributed by atoms with Crippen molar-refractivity contribution in [3.63, 3.8) is 0 Å². The van der Waals surface area contributed by atoms with Gasteiger partial charge in [0.2, 0.25) is 5.76 Å². The van der Waals surface area contributed by atoms with Gasteiger partial charge < -0.3 is 14.6 Å². The highest BCUT2D eigenvalue weighted by atomic mass is 32.1. The summed E-state index contributed by atoms with van der Waals surface area (Å²) in [6, 6.07) is 1.54. The Morgan fingerprint density at radius 3 is 2.64 bits per heavy atom. The van der Waals surface area contributed by atoms with Crippen LogP contribution in [0.4, 0.5) is 5.00 Å². The Morgan fingerprint density at radius 1 is 1.36 bits per heavy atom. The van der Waals surface area contributed by atoms with Crippen LogP contribution in [-0.4, -0.2) is 23.6 Å². The van der Waals surface area contributed by atoms with Crippen molar-refractivity contribution in [2.45, 2.75) is 34.1 Å². The van der Waals surface area contributed by atoms with Gasteiger partial charge in [-0.1, -0.05) is 12.1 Å². The second-order valence-electron chi connectivity index (χ2n) is 4.70. The van der Waals surface area contributed by atoms with Crippen LogP contribution in [0.5, 0.6) is 0 Å².